The van der Waals surface area contributed by atoms with Crippen molar-refractivity contribution < 1.29 is 12.8 Å². The molecule has 6 heteroatoms. The molecule has 2 rings (SSSR count). The maximum absolute atomic E-state index is 11.3. The molecule has 0 spiro atoms. The molecule has 1 aromatic heterocycles. The molecular weight excluding hydrogens is 228 g/mol. The van der Waals surface area contributed by atoms with Crippen LogP contribution in [0.1, 0.15) is 5.89 Å². The van der Waals surface area contributed by atoms with Crippen LogP contribution in [-0.2, 0) is 10.0 Å². The second-order valence-electron chi connectivity index (χ2n) is 3.28. The highest BCUT2D eigenvalue weighted by Gasteiger charge is 2.22. The lowest BCUT2D eigenvalue weighted by Gasteiger charge is -1.97. The summed E-state index contributed by atoms with van der Waals surface area (Å²) in [6.45, 7) is 1.57. The van der Waals surface area contributed by atoms with Crippen LogP contribution in [-0.4, -0.2) is 13.4 Å². The predicted molar refractivity (Wildman–Crippen MR) is 58.0 cm³/mol. The van der Waals surface area contributed by atoms with Crippen molar-refractivity contribution in [2.75, 3.05) is 0 Å². The highest BCUT2D eigenvalue weighted by molar-refractivity contribution is 7.89. The van der Waals surface area contributed by atoms with Crippen LogP contribution in [0.2, 0.25) is 0 Å². The maximum atomic E-state index is 11.3. The average Bonchev–Trinajstić information content (AvgIpc) is 2.61. The molecule has 0 atom stereocenters. The molecule has 16 heavy (non-hydrogen) atoms. The van der Waals surface area contributed by atoms with Gasteiger partial charge in [-0.25, -0.2) is 18.5 Å². The van der Waals surface area contributed by atoms with Crippen molar-refractivity contribution in [2.45, 2.75) is 12.0 Å². The summed E-state index contributed by atoms with van der Waals surface area (Å²) in [5, 5.41) is 4.75. The van der Waals surface area contributed by atoms with Gasteiger partial charge >= 0.3 is 0 Å². The van der Waals surface area contributed by atoms with Crippen LogP contribution in [0.25, 0.3) is 11.3 Å². The van der Waals surface area contributed by atoms with Gasteiger partial charge < -0.3 is 4.42 Å². The van der Waals surface area contributed by atoms with Gasteiger partial charge in [0.2, 0.25) is 0 Å². The minimum Gasteiger partial charge on any atom is -0.427 e. The standard InChI is InChI=1S/C10H10N2O3S/c1-7-12-9(8-5-3-2-4-6-8)10(15-7)16(11,13)14/h2-6H,1H3,(H2,11,13,14). The summed E-state index contributed by atoms with van der Waals surface area (Å²) >= 11 is 0. The first-order valence-corrected chi connectivity index (χ1v) is 6.09. The van der Waals surface area contributed by atoms with Crippen LogP contribution in [0.3, 0.4) is 0 Å². The van der Waals surface area contributed by atoms with Crippen molar-refractivity contribution >= 4 is 10.0 Å². The highest BCUT2D eigenvalue weighted by atomic mass is 32.2. The fourth-order valence-electron chi connectivity index (χ4n) is 1.38. The van der Waals surface area contributed by atoms with Crippen molar-refractivity contribution in [2.24, 2.45) is 5.14 Å². The second kappa shape index (κ2) is 3.73. The van der Waals surface area contributed by atoms with E-state index < -0.39 is 10.0 Å². The molecule has 0 saturated carbocycles. The molecule has 1 heterocycles. The SMILES string of the molecule is Cc1nc(-c2ccccc2)c(S(N)(=O)=O)o1. The summed E-state index contributed by atoms with van der Waals surface area (Å²) in [4.78, 5) is 4.02. The summed E-state index contributed by atoms with van der Waals surface area (Å²) in [5.41, 5.74) is 0.906. The number of hydrogen-bond acceptors (Lipinski definition) is 4. The summed E-state index contributed by atoms with van der Waals surface area (Å²) in [6.07, 6.45) is 0. The van der Waals surface area contributed by atoms with E-state index in [1.165, 1.54) is 0 Å². The summed E-state index contributed by atoms with van der Waals surface area (Å²) in [5.74, 6) is 0.267. The molecular formula is C10H10N2O3S. The molecule has 0 aliphatic rings. The second-order valence-corrected chi connectivity index (χ2v) is 4.74. The van der Waals surface area contributed by atoms with Crippen molar-refractivity contribution in [3.63, 3.8) is 0 Å². The van der Waals surface area contributed by atoms with Gasteiger partial charge in [-0.15, -0.1) is 0 Å². The Morgan fingerprint density at radius 2 is 1.88 bits per heavy atom. The van der Waals surface area contributed by atoms with Crippen LogP contribution >= 0.6 is 0 Å². The Hall–Kier alpha value is -1.66. The number of nitrogens with zero attached hydrogens (tertiary/aromatic N) is 1. The van der Waals surface area contributed by atoms with Gasteiger partial charge in [-0.1, -0.05) is 30.3 Å². The molecule has 0 bridgehead atoms. The molecule has 0 saturated heterocycles. The Labute approximate surface area is 93.0 Å². The first-order chi connectivity index (χ1) is 7.48. The molecule has 0 aliphatic carbocycles. The quantitative estimate of drug-likeness (QED) is 0.854. The van der Waals surface area contributed by atoms with E-state index in [0.717, 1.165) is 0 Å². The molecule has 84 valence electrons. The number of aryl methyl sites for hydroxylation is 1. The minimum atomic E-state index is -3.89. The number of sulfonamides is 1. The Bertz CT molecular complexity index is 602. The molecule has 1 aromatic carbocycles. The first-order valence-electron chi connectivity index (χ1n) is 4.54. The molecule has 2 aromatic rings. The van der Waals surface area contributed by atoms with E-state index in [1.807, 2.05) is 6.07 Å². The molecule has 0 aliphatic heterocycles. The third-order valence-corrected chi connectivity index (χ3v) is 2.80. The summed E-state index contributed by atoms with van der Waals surface area (Å²) < 4.78 is 27.6. The molecule has 2 N–H and O–H groups in total. The van der Waals surface area contributed by atoms with E-state index in [4.69, 9.17) is 9.56 Å². The first kappa shape index (κ1) is 10.8. The molecule has 0 radical (unpaired) electrons. The lowest BCUT2D eigenvalue weighted by atomic mass is 10.2. The van der Waals surface area contributed by atoms with Crippen molar-refractivity contribution in [1.82, 2.24) is 4.98 Å². The number of benzene rings is 1. The number of nitrogens with two attached hydrogens (primary N) is 1. The third-order valence-electron chi connectivity index (χ3n) is 2.01. The summed E-state index contributed by atoms with van der Waals surface area (Å²) in [7, 11) is -3.89. The molecule has 0 unspecified atom stereocenters. The Kier molecular flexibility index (Phi) is 2.53. The highest BCUT2D eigenvalue weighted by Crippen LogP contribution is 2.26. The number of hydrogen-bond donors (Lipinski definition) is 1. The van der Waals surface area contributed by atoms with Gasteiger partial charge in [0.15, 0.2) is 5.89 Å². The van der Waals surface area contributed by atoms with Crippen LogP contribution in [0, 0.1) is 6.92 Å². The van der Waals surface area contributed by atoms with E-state index in [-0.39, 0.29) is 16.7 Å². The Balaban J connectivity index is 2.67. The van der Waals surface area contributed by atoms with Crippen molar-refractivity contribution in [3.8, 4) is 11.3 Å². The van der Waals surface area contributed by atoms with Gasteiger partial charge in [-0.2, -0.15) is 0 Å². The zero-order chi connectivity index (χ0) is 11.8. The zero-order valence-electron chi connectivity index (χ0n) is 8.54. The van der Waals surface area contributed by atoms with Gasteiger partial charge in [0.25, 0.3) is 15.1 Å². The van der Waals surface area contributed by atoms with Gasteiger partial charge in [-0.3, -0.25) is 0 Å². The van der Waals surface area contributed by atoms with E-state index in [2.05, 4.69) is 4.98 Å². The van der Waals surface area contributed by atoms with E-state index in [0.29, 0.717) is 5.56 Å². The molecule has 0 fully saturated rings. The van der Waals surface area contributed by atoms with Gasteiger partial charge in [0, 0.05) is 12.5 Å². The average molecular weight is 238 g/mol. The molecule has 0 amide bonds. The number of aromatic nitrogens is 1. The number of oxazole rings is 1. The molecule has 5 nitrogen and oxygen atoms in total. The number of primary sulfonamides is 1. The van der Waals surface area contributed by atoms with Gasteiger partial charge in [0.05, 0.1) is 0 Å². The van der Waals surface area contributed by atoms with Crippen LogP contribution in [0.4, 0.5) is 0 Å². The predicted octanol–water partition coefficient (Wildman–Crippen LogP) is 1.30. The normalized spacial score (nSPS) is 11.6. The van der Waals surface area contributed by atoms with Gasteiger partial charge in [-0.05, 0) is 0 Å². The Morgan fingerprint density at radius 3 is 2.44 bits per heavy atom. The van der Waals surface area contributed by atoms with Crippen LogP contribution in [0.5, 0.6) is 0 Å². The monoisotopic (exact) mass is 238 g/mol. The third kappa shape index (κ3) is 1.98. The minimum absolute atomic E-state index is 0.251. The van der Waals surface area contributed by atoms with E-state index >= 15 is 0 Å². The van der Waals surface area contributed by atoms with Crippen molar-refractivity contribution in [1.29, 1.82) is 0 Å². The fraction of sp³-hybridized carbons (Fsp3) is 0.100. The van der Waals surface area contributed by atoms with Crippen LogP contribution < -0.4 is 5.14 Å². The van der Waals surface area contributed by atoms with E-state index in [1.54, 1.807) is 31.2 Å². The Morgan fingerprint density at radius 1 is 1.25 bits per heavy atom. The largest absolute Gasteiger partial charge is 0.427 e. The smallest absolute Gasteiger partial charge is 0.273 e. The maximum Gasteiger partial charge on any atom is 0.273 e. The topological polar surface area (TPSA) is 86.2 Å². The van der Waals surface area contributed by atoms with E-state index in [9.17, 15) is 8.42 Å². The van der Waals surface area contributed by atoms with Crippen molar-refractivity contribution in [3.05, 3.63) is 36.2 Å². The number of rotatable bonds is 2. The van der Waals surface area contributed by atoms with Gasteiger partial charge in [0.1, 0.15) is 5.69 Å². The lowest BCUT2D eigenvalue weighted by molar-refractivity contribution is 0.424. The van der Waals surface area contributed by atoms with Crippen LogP contribution in [0.15, 0.2) is 39.8 Å². The fourth-order valence-corrected chi connectivity index (χ4v) is 2.05. The zero-order valence-corrected chi connectivity index (χ0v) is 9.36. The summed E-state index contributed by atoms with van der Waals surface area (Å²) in [6, 6.07) is 8.88. The lowest BCUT2D eigenvalue weighted by Crippen LogP contribution is -2.12.